The summed E-state index contributed by atoms with van der Waals surface area (Å²) in [6.07, 6.45) is 7.61. The van der Waals surface area contributed by atoms with Crippen molar-refractivity contribution in [3.05, 3.63) is 28.5 Å². The molecule has 0 aromatic carbocycles. The maximum atomic E-state index is 4.15. The number of piperidine rings is 1. The fourth-order valence-electron chi connectivity index (χ4n) is 1.76. The maximum Gasteiger partial charge on any atom is 0.0346 e. The summed E-state index contributed by atoms with van der Waals surface area (Å²) in [5.74, 6) is 0. The molecule has 2 heterocycles. The molecule has 0 amide bonds. The Morgan fingerprint density at radius 3 is 3.08 bits per heavy atom. The van der Waals surface area contributed by atoms with Gasteiger partial charge in [-0.25, -0.2) is 0 Å². The van der Waals surface area contributed by atoms with Gasteiger partial charge in [0, 0.05) is 28.5 Å². The van der Waals surface area contributed by atoms with Gasteiger partial charge in [0.15, 0.2) is 0 Å². The molecule has 3 heteroatoms. The van der Waals surface area contributed by atoms with Gasteiger partial charge in [0.25, 0.3) is 0 Å². The van der Waals surface area contributed by atoms with E-state index in [0.717, 1.165) is 6.54 Å². The topological polar surface area (TPSA) is 24.9 Å². The van der Waals surface area contributed by atoms with Crippen LogP contribution in [0.4, 0.5) is 0 Å². The summed E-state index contributed by atoms with van der Waals surface area (Å²) in [5.41, 5.74) is 1.29. The third-order valence-corrected chi connectivity index (χ3v) is 3.20. The largest absolute Gasteiger partial charge is 0.310 e. The standard InChI is InChI=1S/C10H13BrN2/c11-9-4-6-12-7-8(9)10-3-1-2-5-13-10/h4,6-7,10,13H,1-3,5H2/t10-/m1/s1. The molecule has 2 nitrogen and oxygen atoms in total. The maximum absolute atomic E-state index is 4.15. The average molecular weight is 241 g/mol. The quantitative estimate of drug-likeness (QED) is 0.817. The molecule has 13 heavy (non-hydrogen) atoms. The average Bonchev–Trinajstić information content (AvgIpc) is 2.20. The minimum Gasteiger partial charge on any atom is -0.310 e. The van der Waals surface area contributed by atoms with E-state index in [0.29, 0.717) is 6.04 Å². The first kappa shape index (κ1) is 9.16. The molecular formula is C10H13BrN2. The molecule has 0 spiro atoms. The Kier molecular flexibility index (Phi) is 2.96. The number of nitrogens with one attached hydrogen (secondary N) is 1. The first-order chi connectivity index (χ1) is 6.38. The van der Waals surface area contributed by atoms with Crippen molar-refractivity contribution in [1.82, 2.24) is 10.3 Å². The summed E-state index contributed by atoms with van der Waals surface area (Å²) in [6.45, 7) is 1.13. The molecule has 1 N–H and O–H groups in total. The highest BCUT2D eigenvalue weighted by Crippen LogP contribution is 2.27. The van der Waals surface area contributed by atoms with E-state index in [-0.39, 0.29) is 0 Å². The van der Waals surface area contributed by atoms with E-state index in [9.17, 15) is 0 Å². The predicted molar refractivity (Wildman–Crippen MR) is 56.5 cm³/mol. The number of aromatic nitrogens is 1. The van der Waals surface area contributed by atoms with E-state index in [4.69, 9.17) is 0 Å². The molecule has 0 bridgehead atoms. The van der Waals surface area contributed by atoms with Gasteiger partial charge in [-0.2, -0.15) is 0 Å². The molecule has 1 atom stereocenters. The summed E-state index contributed by atoms with van der Waals surface area (Å²) in [5, 5.41) is 3.51. The summed E-state index contributed by atoms with van der Waals surface area (Å²) in [7, 11) is 0. The second-order valence-corrected chi connectivity index (χ2v) is 4.25. The fourth-order valence-corrected chi connectivity index (χ4v) is 2.26. The van der Waals surface area contributed by atoms with Crippen LogP contribution in [0.15, 0.2) is 22.9 Å². The highest BCUT2D eigenvalue weighted by molar-refractivity contribution is 9.10. The van der Waals surface area contributed by atoms with Gasteiger partial charge in [-0.05, 0) is 25.5 Å². The van der Waals surface area contributed by atoms with Crippen LogP contribution < -0.4 is 5.32 Å². The minimum absolute atomic E-state index is 0.497. The fraction of sp³-hybridized carbons (Fsp3) is 0.500. The van der Waals surface area contributed by atoms with Crippen molar-refractivity contribution in [3.63, 3.8) is 0 Å². The van der Waals surface area contributed by atoms with E-state index >= 15 is 0 Å². The molecule has 0 unspecified atom stereocenters. The lowest BCUT2D eigenvalue weighted by molar-refractivity contribution is 0.410. The number of pyridine rings is 1. The lowest BCUT2D eigenvalue weighted by atomic mass is 9.99. The third-order valence-electron chi connectivity index (χ3n) is 2.48. The Labute approximate surface area is 86.9 Å². The summed E-state index contributed by atoms with van der Waals surface area (Å²) < 4.78 is 1.17. The van der Waals surface area contributed by atoms with Crippen molar-refractivity contribution in [2.45, 2.75) is 25.3 Å². The lowest BCUT2D eigenvalue weighted by Gasteiger charge is -2.24. The number of rotatable bonds is 1. The van der Waals surface area contributed by atoms with Crippen LogP contribution in [0.3, 0.4) is 0 Å². The molecule has 0 aliphatic carbocycles. The van der Waals surface area contributed by atoms with E-state index in [1.54, 1.807) is 0 Å². The molecule has 2 rings (SSSR count). The normalized spacial score (nSPS) is 23.0. The SMILES string of the molecule is Brc1ccncc1[C@H]1CCCCN1. The lowest BCUT2D eigenvalue weighted by Crippen LogP contribution is -2.27. The van der Waals surface area contributed by atoms with E-state index < -0.39 is 0 Å². The van der Waals surface area contributed by atoms with Gasteiger partial charge in [0.1, 0.15) is 0 Å². The molecule has 1 saturated heterocycles. The van der Waals surface area contributed by atoms with Gasteiger partial charge in [0.05, 0.1) is 0 Å². The smallest absolute Gasteiger partial charge is 0.0346 e. The number of halogens is 1. The van der Waals surface area contributed by atoms with E-state index in [1.807, 2.05) is 18.5 Å². The Morgan fingerprint density at radius 1 is 1.46 bits per heavy atom. The van der Waals surface area contributed by atoms with Crippen LogP contribution in [0.1, 0.15) is 30.9 Å². The number of hydrogen-bond donors (Lipinski definition) is 1. The van der Waals surface area contributed by atoms with Crippen molar-refractivity contribution < 1.29 is 0 Å². The molecular weight excluding hydrogens is 228 g/mol. The molecule has 0 saturated carbocycles. The molecule has 70 valence electrons. The zero-order valence-corrected chi connectivity index (χ0v) is 9.05. The van der Waals surface area contributed by atoms with Gasteiger partial charge in [0.2, 0.25) is 0 Å². The van der Waals surface area contributed by atoms with E-state index in [2.05, 4.69) is 26.2 Å². The zero-order valence-electron chi connectivity index (χ0n) is 7.46. The van der Waals surface area contributed by atoms with Crippen molar-refractivity contribution in [2.75, 3.05) is 6.54 Å². The second-order valence-electron chi connectivity index (χ2n) is 3.40. The van der Waals surface area contributed by atoms with Gasteiger partial charge in [-0.1, -0.05) is 22.4 Å². The van der Waals surface area contributed by atoms with Crippen LogP contribution in [-0.2, 0) is 0 Å². The molecule has 1 fully saturated rings. The summed E-state index contributed by atoms with van der Waals surface area (Å²) in [4.78, 5) is 4.15. The van der Waals surface area contributed by atoms with Gasteiger partial charge < -0.3 is 5.32 Å². The van der Waals surface area contributed by atoms with Crippen LogP contribution >= 0.6 is 15.9 Å². The molecule has 1 aliphatic rings. The third kappa shape index (κ3) is 2.09. The first-order valence-corrected chi connectivity index (χ1v) is 5.50. The van der Waals surface area contributed by atoms with Crippen LogP contribution in [0.5, 0.6) is 0 Å². The summed E-state index contributed by atoms with van der Waals surface area (Å²) in [6, 6.07) is 2.50. The Morgan fingerprint density at radius 2 is 2.38 bits per heavy atom. The van der Waals surface area contributed by atoms with Crippen molar-refractivity contribution in [3.8, 4) is 0 Å². The van der Waals surface area contributed by atoms with Crippen LogP contribution in [0, 0.1) is 0 Å². The van der Waals surface area contributed by atoms with Gasteiger partial charge >= 0.3 is 0 Å². The van der Waals surface area contributed by atoms with Crippen molar-refractivity contribution in [2.24, 2.45) is 0 Å². The predicted octanol–water partition coefficient (Wildman–Crippen LogP) is 2.66. The van der Waals surface area contributed by atoms with Crippen LogP contribution in [0.25, 0.3) is 0 Å². The highest BCUT2D eigenvalue weighted by atomic mass is 79.9. The number of nitrogens with zero attached hydrogens (tertiary/aromatic N) is 1. The Balaban J connectivity index is 2.18. The van der Waals surface area contributed by atoms with E-state index in [1.165, 1.54) is 29.3 Å². The number of hydrogen-bond acceptors (Lipinski definition) is 2. The monoisotopic (exact) mass is 240 g/mol. The molecule has 1 aromatic heterocycles. The zero-order chi connectivity index (χ0) is 9.10. The van der Waals surface area contributed by atoms with Crippen LogP contribution in [0.2, 0.25) is 0 Å². The van der Waals surface area contributed by atoms with Crippen molar-refractivity contribution in [1.29, 1.82) is 0 Å². The first-order valence-electron chi connectivity index (χ1n) is 4.71. The molecule has 1 aromatic rings. The minimum atomic E-state index is 0.497. The molecule has 1 aliphatic heterocycles. The molecule has 0 radical (unpaired) electrons. The summed E-state index contributed by atoms with van der Waals surface area (Å²) >= 11 is 3.55. The highest BCUT2D eigenvalue weighted by Gasteiger charge is 2.16. The van der Waals surface area contributed by atoms with Crippen LogP contribution in [-0.4, -0.2) is 11.5 Å². The Hall–Kier alpha value is -0.410. The Bertz CT molecular complexity index is 282. The van der Waals surface area contributed by atoms with Gasteiger partial charge in [-0.3, -0.25) is 4.98 Å². The van der Waals surface area contributed by atoms with Crippen molar-refractivity contribution >= 4 is 15.9 Å². The second kappa shape index (κ2) is 4.20. The van der Waals surface area contributed by atoms with Gasteiger partial charge in [-0.15, -0.1) is 0 Å².